The number of benzene rings is 3. The van der Waals surface area contributed by atoms with Gasteiger partial charge in [-0.05, 0) is 49.6 Å². The molecular formula is C29H33ClN2O2S. The molecule has 0 spiro atoms. The molecule has 0 aliphatic rings. The van der Waals surface area contributed by atoms with Crippen LogP contribution in [0.2, 0.25) is 5.02 Å². The molecule has 0 unspecified atom stereocenters. The van der Waals surface area contributed by atoms with Crippen LogP contribution in [0.5, 0.6) is 0 Å². The van der Waals surface area contributed by atoms with E-state index in [2.05, 4.69) is 5.32 Å². The van der Waals surface area contributed by atoms with Crippen molar-refractivity contribution < 1.29 is 9.59 Å². The Kier molecular flexibility index (Phi) is 10.2. The lowest BCUT2D eigenvalue weighted by Crippen LogP contribution is -2.52. The zero-order chi connectivity index (χ0) is 25.2. The fourth-order valence-electron chi connectivity index (χ4n) is 3.74. The van der Waals surface area contributed by atoms with Gasteiger partial charge in [0.25, 0.3) is 0 Å². The van der Waals surface area contributed by atoms with Crippen molar-refractivity contribution >= 4 is 35.2 Å². The molecule has 0 aromatic heterocycles. The summed E-state index contributed by atoms with van der Waals surface area (Å²) in [5.74, 6) is 0.800. The van der Waals surface area contributed by atoms with Gasteiger partial charge in [-0.3, -0.25) is 9.59 Å². The van der Waals surface area contributed by atoms with Gasteiger partial charge in [0.05, 0.1) is 5.75 Å². The second-order valence-corrected chi connectivity index (χ2v) is 10.4. The molecule has 3 rings (SSSR count). The van der Waals surface area contributed by atoms with E-state index in [4.69, 9.17) is 11.6 Å². The quantitative estimate of drug-likeness (QED) is 0.343. The highest BCUT2D eigenvalue weighted by atomic mass is 35.5. The Morgan fingerprint density at radius 1 is 0.886 bits per heavy atom. The van der Waals surface area contributed by atoms with Crippen molar-refractivity contribution in [2.75, 3.05) is 5.75 Å². The fourth-order valence-corrected chi connectivity index (χ4v) is 4.74. The summed E-state index contributed by atoms with van der Waals surface area (Å²) in [6.45, 7) is 6.29. The first-order chi connectivity index (χ1) is 16.8. The Hall–Kier alpha value is -2.76. The molecule has 3 aromatic rings. The van der Waals surface area contributed by atoms with Crippen LogP contribution >= 0.6 is 23.4 Å². The molecule has 3 aromatic carbocycles. The molecule has 184 valence electrons. The van der Waals surface area contributed by atoms with Crippen LogP contribution in [-0.4, -0.2) is 34.6 Å². The van der Waals surface area contributed by atoms with Gasteiger partial charge in [0.1, 0.15) is 6.04 Å². The lowest BCUT2D eigenvalue weighted by molar-refractivity contribution is -0.139. The van der Waals surface area contributed by atoms with E-state index in [9.17, 15) is 9.59 Å². The van der Waals surface area contributed by atoms with Crippen LogP contribution in [0.1, 0.15) is 36.1 Å². The van der Waals surface area contributed by atoms with Crippen LogP contribution in [0.25, 0.3) is 0 Å². The van der Waals surface area contributed by atoms with Gasteiger partial charge >= 0.3 is 0 Å². The molecule has 0 heterocycles. The zero-order valence-corrected chi connectivity index (χ0v) is 22.1. The van der Waals surface area contributed by atoms with E-state index in [0.717, 1.165) is 22.3 Å². The molecule has 0 saturated heterocycles. The molecule has 1 atom stereocenters. The third-order valence-electron chi connectivity index (χ3n) is 5.58. The predicted molar refractivity (Wildman–Crippen MR) is 147 cm³/mol. The molecule has 0 aliphatic heterocycles. The van der Waals surface area contributed by atoms with Crippen LogP contribution < -0.4 is 5.32 Å². The van der Waals surface area contributed by atoms with Crippen LogP contribution in [0, 0.1) is 6.92 Å². The standard InChI is InChI=1S/C29H33ClN2O2S/c1-21(2)31-29(34)27(17-23-7-5-4-6-8-23)32(18-24-11-9-22(3)10-12-24)28(33)20-35-19-25-13-15-26(30)16-14-25/h4-16,21,27H,17-20H2,1-3H3,(H,31,34)/t27-/m0/s1. The van der Waals surface area contributed by atoms with Crippen molar-refractivity contribution in [3.05, 3.63) is 106 Å². The van der Waals surface area contributed by atoms with Crippen molar-refractivity contribution in [1.29, 1.82) is 0 Å². The average molecular weight is 509 g/mol. The van der Waals surface area contributed by atoms with E-state index in [-0.39, 0.29) is 23.6 Å². The van der Waals surface area contributed by atoms with Crippen molar-refractivity contribution in [2.45, 2.75) is 51.6 Å². The summed E-state index contributed by atoms with van der Waals surface area (Å²) in [4.78, 5) is 28.7. The van der Waals surface area contributed by atoms with Crippen molar-refractivity contribution in [3.63, 3.8) is 0 Å². The van der Waals surface area contributed by atoms with Crippen molar-refractivity contribution in [2.24, 2.45) is 0 Å². The summed E-state index contributed by atoms with van der Waals surface area (Å²) in [5, 5.41) is 3.72. The number of carbonyl (C=O) groups is 2. The van der Waals surface area contributed by atoms with Gasteiger partial charge in [0.15, 0.2) is 0 Å². The van der Waals surface area contributed by atoms with Gasteiger partial charge in [-0.2, -0.15) is 0 Å². The Morgan fingerprint density at radius 3 is 2.14 bits per heavy atom. The summed E-state index contributed by atoms with van der Waals surface area (Å²) in [6, 6.07) is 25.0. The van der Waals surface area contributed by atoms with Gasteiger partial charge in [0.2, 0.25) is 11.8 Å². The number of nitrogens with one attached hydrogen (secondary N) is 1. The number of rotatable bonds is 11. The normalized spacial score (nSPS) is 11.8. The minimum absolute atomic E-state index is 0.0172. The topological polar surface area (TPSA) is 49.4 Å². The Balaban J connectivity index is 1.83. The summed E-state index contributed by atoms with van der Waals surface area (Å²) in [5.41, 5.74) is 4.29. The van der Waals surface area contributed by atoms with E-state index in [1.54, 1.807) is 16.7 Å². The number of nitrogens with zero attached hydrogens (tertiary/aromatic N) is 1. The number of aryl methyl sites for hydroxylation is 1. The maximum absolute atomic E-state index is 13.6. The molecule has 6 heteroatoms. The zero-order valence-electron chi connectivity index (χ0n) is 20.5. The summed E-state index contributed by atoms with van der Waals surface area (Å²) < 4.78 is 0. The van der Waals surface area contributed by atoms with Crippen LogP contribution in [0.3, 0.4) is 0 Å². The highest BCUT2D eigenvalue weighted by Crippen LogP contribution is 2.20. The lowest BCUT2D eigenvalue weighted by Gasteiger charge is -2.32. The van der Waals surface area contributed by atoms with Crippen LogP contribution in [0.15, 0.2) is 78.9 Å². The second-order valence-electron chi connectivity index (χ2n) is 9.00. The average Bonchev–Trinajstić information content (AvgIpc) is 2.84. The lowest BCUT2D eigenvalue weighted by atomic mass is 10.0. The molecule has 0 fully saturated rings. The molecule has 0 bridgehead atoms. The maximum atomic E-state index is 13.6. The van der Waals surface area contributed by atoms with Crippen molar-refractivity contribution in [1.82, 2.24) is 10.2 Å². The number of thioether (sulfide) groups is 1. The summed E-state index contributed by atoms with van der Waals surface area (Å²) in [7, 11) is 0. The van der Waals surface area contributed by atoms with E-state index in [1.807, 2.05) is 99.6 Å². The molecule has 4 nitrogen and oxygen atoms in total. The SMILES string of the molecule is Cc1ccc(CN(C(=O)CSCc2ccc(Cl)cc2)[C@@H](Cc2ccccc2)C(=O)NC(C)C)cc1. The number of halogens is 1. The molecule has 0 aliphatic carbocycles. The van der Waals surface area contributed by atoms with E-state index >= 15 is 0 Å². The summed E-state index contributed by atoms with van der Waals surface area (Å²) >= 11 is 7.53. The Morgan fingerprint density at radius 2 is 1.51 bits per heavy atom. The number of carbonyl (C=O) groups excluding carboxylic acids is 2. The molecule has 35 heavy (non-hydrogen) atoms. The Bertz CT molecular complexity index is 1090. The van der Waals surface area contributed by atoms with E-state index < -0.39 is 6.04 Å². The molecule has 0 saturated carbocycles. The molecular weight excluding hydrogens is 476 g/mol. The molecule has 0 radical (unpaired) electrons. The number of hydrogen-bond acceptors (Lipinski definition) is 3. The Labute approximate surface area is 218 Å². The molecule has 2 amide bonds. The van der Waals surface area contributed by atoms with Gasteiger partial charge < -0.3 is 10.2 Å². The number of amides is 2. The monoisotopic (exact) mass is 508 g/mol. The smallest absolute Gasteiger partial charge is 0.243 e. The van der Waals surface area contributed by atoms with Gasteiger partial charge in [-0.25, -0.2) is 0 Å². The maximum Gasteiger partial charge on any atom is 0.243 e. The van der Waals surface area contributed by atoms with Gasteiger partial charge in [-0.15, -0.1) is 11.8 Å². The van der Waals surface area contributed by atoms with E-state index in [0.29, 0.717) is 23.7 Å². The number of hydrogen-bond donors (Lipinski definition) is 1. The highest BCUT2D eigenvalue weighted by molar-refractivity contribution is 7.99. The summed E-state index contributed by atoms with van der Waals surface area (Å²) in [6.07, 6.45) is 0.457. The minimum atomic E-state index is -0.607. The van der Waals surface area contributed by atoms with Crippen LogP contribution in [0.4, 0.5) is 0 Å². The predicted octanol–water partition coefficient (Wildman–Crippen LogP) is 6.05. The first-order valence-corrected chi connectivity index (χ1v) is 13.4. The van der Waals surface area contributed by atoms with Gasteiger partial charge in [-0.1, -0.05) is 83.9 Å². The van der Waals surface area contributed by atoms with Crippen LogP contribution in [-0.2, 0) is 28.3 Å². The first kappa shape index (κ1) is 26.8. The highest BCUT2D eigenvalue weighted by Gasteiger charge is 2.30. The largest absolute Gasteiger partial charge is 0.352 e. The van der Waals surface area contributed by atoms with E-state index in [1.165, 1.54) is 0 Å². The third-order valence-corrected chi connectivity index (χ3v) is 6.82. The molecule has 1 N–H and O–H groups in total. The second kappa shape index (κ2) is 13.4. The van der Waals surface area contributed by atoms with Gasteiger partial charge in [0, 0.05) is 29.8 Å². The minimum Gasteiger partial charge on any atom is -0.352 e. The first-order valence-electron chi connectivity index (χ1n) is 11.8. The third kappa shape index (κ3) is 8.75. The fraction of sp³-hybridized carbons (Fsp3) is 0.310. The van der Waals surface area contributed by atoms with Crippen molar-refractivity contribution in [3.8, 4) is 0 Å².